The molecule has 5 nitrogen and oxygen atoms in total. The van der Waals surface area contributed by atoms with Gasteiger partial charge in [-0.2, -0.15) is 0 Å². The summed E-state index contributed by atoms with van der Waals surface area (Å²) in [6.45, 7) is 1.91. The number of hydrogen-bond donors (Lipinski definition) is 1. The summed E-state index contributed by atoms with van der Waals surface area (Å²) >= 11 is 3.36. The molecule has 0 aliphatic rings. The lowest BCUT2D eigenvalue weighted by atomic mass is 10.2. The maximum atomic E-state index is 12.2. The van der Waals surface area contributed by atoms with E-state index < -0.39 is 10.8 Å². The molecule has 1 amide bonds. The monoisotopic (exact) mass is 443 g/mol. The normalized spacial score (nSPS) is 11.8. The van der Waals surface area contributed by atoms with Crippen molar-refractivity contribution in [3.8, 4) is 11.4 Å². The fourth-order valence-electron chi connectivity index (χ4n) is 2.45. The Morgan fingerprint density at radius 3 is 2.44 bits per heavy atom. The number of anilines is 1. The number of halogens is 1. The lowest BCUT2D eigenvalue weighted by molar-refractivity contribution is -0.113. The van der Waals surface area contributed by atoms with Gasteiger partial charge in [-0.05, 0) is 55.0 Å². The zero-order chi connectivity index (χ0) is 19.2. The molecule has 0 saturated carbocycles. The van der Waals surface area contributed by atoms with Gasteiger partial charge in [0.15, 0.2) is 5.82 Å². The van der Waals surface area contributed by atoms with E-state index in [2.05, 4.69) is 31.2 Å². The molecule has 1 N–H and O–H groups in total. The first-order valence-electron chi connectivity index (χ1n) is 8.29. The van der Waals surface area contributed by atoms with Gasteiger partial charge < -0.3 is 5.32 Å². The van der Waals surface area contributed by atoms with E-state index >= 15 is 0 Å². The summed E-state index contributed by atoms with van der Waals surface area (Å²) in [5.41, 5.74) is 3.35. The Morgan fingerprint density at radius 1 is 1.07 bits per heavy atom. The molecular weight excluding hydrogens is 426 g/mol. The van der Waals surface area contributed by atoms with Gasteiger partial charge in [0.25, 0.3) is 0 Å². The maximum Gasteiger partial charge on any atom is 0.237 e. The third-order valence-electron chi connectivity index (χ3n) is 3.75. The van der Waals surface area contributed by atoms with Crippen LogP contribution in [0.15, 0.2) is 65.3 Å². The lowest BCUT2D eigenvalue weighted by Gasteiger charge is -2.07. The Bertz CT molecular complexity index is 960. The van der Waals surface area contributed by atoms with Crippen LogP contribution in [0.5, 0.6) is 0 Å². The van der Waals surface area contributed by atoms with E-state index in [1.165, 1.54) is 0 Å². The molecular formula is C20H18BrN3O2S. The molecule has 0 unspecified atom stereocenters. The number of nitrogens with zero attached hydrogens (tertiary/aromatic N) is 2. The molecule has 2 aromatic carbocycles. The summed E-state index contributed by atoms with van der Waals surface area (Å²) in [6, 6.07) is 16.7. The van der Waals surface area contributed by atoms with Crippen LogP contribution in [-0.2, 0) is 21.3 Å². The Balaban J connectivity index is 1.56. The van der Waals surface area contributed by atoms with Crippen molar-refractivity contribution in [1.82, 2.24) is 9.97 Å². The molecule has 0 saturated heterocycles. The van der Waals surface area contributed by atoms with Gasteiger partial charge in [-0.1, -0.05) is 28.1 Å². The highest BCUT2D eigenvalue weighted by Gasteiger charge is 2.10. The minimum atomic E-state index is -1.27. The van der Waals surface area contributed by atoms with Crippen molar-refractivity contribution in [2.75, 3.05) is 11.1 Å². The van der Waals surface area contributed by atoms with Crippen molar-refractivity contribution in [3.05, 3.63) is 76.5 Å². The smallest absolute Gasteiger partial charge is 0.237 e. The van der Waals surface area contributed by atoms with Crippen LogP contribution >= 0.6 is 15.9 Å². The molecule has 0 fully saturated rings. The van der Waals surface area contributed by atoms with Crippen LogP contribution in [0.25, 0.3) is 11.4 Å². The fourth-order valence-corrected chi connectivity index (χ4v) is 3.75. The van der Waals surface area contributed by atoms with Gasteiger partial charge in [-0.3, -0.25) is 9.00 Å². The number of amides is 1. The molecule has 1 atom stereocenters. The van der Waals surface area contributed by atoms with Crippen molar-refractivity contribution in [1.29, 1.82) is 0 Å². The summed E-state index contributed by atoms with van der Waals surface area (Å²) < 4.78 is 13.2. The first-order chi connectivity index (χ1) is 13.0. The van der Waals surface area contributed by atoms with E-state index in [1.54, 1.807) is 18.3 Å². The summed E-state index contributed by atoms with van der Waals surface area (Å²) in [5, 5.41) is 2.78. The maximum absolute atomic E-state index is 12.2. The van der Waals surface area contributed by atoms with Gasteiger partial charge in [0.05, 0.1) is 0 Å². The van der Waals surface area contributed by atoms with Crippen molar-refractivity contribution in [2.24, 2.45) is 0 Å². The first-order valence-corrected chi connectivity index (χ1v) is 10.6. The molecule has 0 aliphatic heterocycles. The van der Waals surface area contributed by atoms with E-state index in [-0.39, 0.29) is 11.7 Å². The number of benzene rings is 2. The third kappa shape index (κ3) is 5.80. The predicted molar refractivity (Wildman–Crippen MR) is 112 cm³/mol. The van der Waals surface area contributed by atoms with Crippen LogP contribution in [0.2, 0.25) is 0 Å². The Kier molecular flexibility index (Phi) is 6.47. The van der Waals surface area contributed by atoms with Crippen LogP contribution in [0, 0.1) is 6.92 Å². The minimum absolute atomic E-state index is 0.0429. The summed E-state index contributed by atoms with van der Waals surface area (Å²) in [7, 11) is -1.27. The number of aryl methyl sites for hydroxylation is 1. The number of aromatic nitrogens is 2. The van der Waals surface area contributed by atoms with Gasteiger partial charge in [-0.15, -0.1) is 0 Å². The second-order valence-electron chi connectivity index (χ2n) is 6.00. The SMILES string of the molecule is Cc1ccnc(-c2ccc(NC(=O)C[S@@](=O)Cc3ccc(Br)cc3)cc2)n1. The van der Waals surface area contributed by atoms with Crippen molar-refractivity contribution in [3.63, 3.8) is 0 Å². The van der Waals surface area contributed by atoms with Gasteiger partial charge in [-0.25, -0.2) is 9.97 Å². The van der Waals surface area contributed by atoms with Crippen molar-refractivity contribution < 1.29 is 9.00 Å². The molecule has 7 heteroatoms. The van der Waals surface area contributed by atoms with Crippen molar-refractivity contribution in [2.45, 2.75) is 12.7 Å². The zero-order valence-corrected chi connectivity index (χ0v) is 17.1. The van der Waals surface area contributed by atoms with Crippen LogP contribution < -0.4 is 5.32 Å². The molecule has 3 rings (SSSR count). The van der Waals surface area contributed by atoms with E-state index in [1.807, 2.05) is 49.4 Å². The van der Waals surface area contributed by atoms with E-state index in [0.29, 0.717) is 17.3 Å². The van der Waals surface area contributed by atoms with Crippen LogP contribution in [0.3, 0.4) is 0 Å². The number of hydrogen-bond acceptors (Lipinski definition) is 4. The van der Waals surface area contributed by atoms with E-state index in [0.717, 1.165) is 21.3 Å². The number of nitrogens with one attached hydrogen (secondary N) is 1. The average molecular weight is 444 g/mol. The molecule has 0 radical (unpaired) electrons. The number of rotatable bonds is 6. The minimum Gasteiger partial charge on any atom is -0.325 e. The Hall–Kier alpha value is -2.38. The fraction of sp³-hybridized carbons (Fsp3) is 0.150. The summed E-state index contributed by atoms with van der Waals surface area (Å²) in [6.07, 6.45) is 1.72. The second kappa shape index (κ2) is 9.01. The highest BCUT2D eigenvalue weighted by Crippen LogP contribution is 2.18. The van der Waals surface area contributed by atoms with Gasteiger partial charge in [0, 0.05) is 44.2 Å². The Morgan fingerprint density at radius 2 is 1.78 bits per heavy atom. The van der Waals surface area contributed by atoms with Gasteiger partial charge in [0.2, 0.25) is 5.91 Å². The first kappa shape index (κ1) is 19.4. The van der Waals surface area contributed by atoms with Crippen LogP contribution in [-0.4, -0.2) is 25.8 Å². The Labute approximate surface area is 168 Å². The molecule has 0 spiro atoms. The average Bonchev–Trinajstić information content (AvgIpc) is 2.64. The molecule has 0 aliphatic carbocycles. The molecule has 27 heavy (non-hydrogen) atoms. The number of carbonyl (C=O) groups excluding carboxylic acids is 1. The highest BCUT2D eigenvalue weighted by atomic mass is 79.9. The van der Waals surface area contributed by atoms with Crippen LogP contribution in [0.4, 0.5) is 5.69 Å². The third-order valence-corrected chi connectivity index (χ3v) is 5.52. The standard InChI is InChI=1S/C20H18BrN3O2S/c1-14-10-11-22-20(23-14)16-4-8-18(9-5-16)24-19(25)13-27(26)12-15-2-6-17(21)7-3-15/h2-11H,12-13H2,1H3,(H,24,25)/t27-/m0/s1. The predicted octanol–water partition coefficient (Wildman–Crippen LogP) is 4.10. The van der Waals surface area contributed by atoms with Gasteiger partial charge >= 0.3 is 0 Å². The van der Waals surface area contributed by atoms with Crippen molar-refractivity contribution >= 4 is 38.3 Å². The molecule has 138 valence electrons. The van der Waals surface area contributed by atoms with Crippen LogP contribution in [0.1, 0.15) is 11.3 Å². The molecule has 1 heterocycles. The van der Waals surface area contributed by atoms with E-state index in [9.17, 15) is 9.00 Å². The second-order valence-corrected chi connectivity index (χ2v) is 8.37. The molecule has 1 aromatic heterocycles. The molecule has 3 aromatic rings. The highest BCUT2D eigenvalue weighted by molar-refractivity contribution is 9.10. The van der Waals surface area contributed by atoms with Gasteiger partial charge in [0.1, 0.15) is 5.75 Å². The molecule has 0 bridgehead atoms. The summed E-state index contributed by atoms with van der Waals surface area (Å²) in [4.78, 5) is 20.8. The topological polar surface area (TPSA) is 72.0 Å². The summed E-state index contributed by atoms with van der Waals surface area (Å²) in [5.74, 6) is 0.678. The largest absolute Gasteiger partial charge is 0.325 e. The lowest BCUT2D eigenvalue weighted by Crippen LogP contribution is -2.20. The zero-order valence-electron chi connectivity index (χ0n) is 14.7. The quantitative estimate of drug-likeness (QED) is 0.622. The number of carbonyl (C=O) groups is 1. The van der Waals surface area contributed by atoms with E-state index in [4.69, 9.17) is 0 Å².